The van der Waals surface area contributed by atoms with Crippen LogP contribution < -0.4 is 5.32 Å². The minimum absolute atomic E-state index is 0.0564. The van der Waals surface area contributed by atoms with Crippen molar-refractivity contribution in [2.24, 2.45) is 0 Å². The highest BCUT2D eigenvalue weighted by Crippen LogP contribution is 2.22. The number of ketones is 1. The van der Waals surface area contributed by atoms with E-state index in [-0.39, 0.29) is 12.3 Å². The van der Waals surface area contributed by atoms with E-state index >= 15 is 0 Å². The molecule has 0 spiro atoms. The number of nitrogens with zero attached hydrogens (tertiary/aromatic N) is 1. The zero-order chi connectivity index (χ0) is 18.5. The maximum Gasteiger partial charge on any atom is 0.411 e. The Morgan fingerprint density at radius 2 is 1.67 bits per heavy atom. The van der Waals surface area contributed by atoms with Gasteiger partial charge in [0.25, 0.3) is 0 Å². The van der Waals surface area contributed by atoms with Crippen LogP contribution in [0.15, 0.2) is 0 Å². The summed E-state index contributed by atoms with van der Waals surface area (Å²) < 4.78 is 10.4. The van der Waals surface area contributed by atoms with Gasteiger partial charge in [0.2, 0.25) is 0 Å². The molecule has 138 valence electrons. The molecule has 1 fully saturated rings. The number of hydrogen-bond donors (Lipinski definition) is 1. The van der Waals surface area contributed by atoms with E-state index in [9.17, 15) is 14.4 Å². The predicted octanol–water partition coefficient (Wildman–Crippen LogP) is 2.87. The van der Waals surface area contributed by atoms with Crippen LogP contribution in [0.3, 0.4) is 0 Å². The highest BCUT2D eigenvalue weighted by atomic mass is 16.6. The molecule has 1 saturated heterocycles. The van der Waals surface area contributed by atoms with Crippen LogP contribution >= 0.6 is 0 Å². The second kappa shape index (κ2) is 7.85. The minimum Gasteiger partial charge on any atom is -0.444 e. The lowest BCUT2D eigenvalue weighted by Crippen LogP contribution is -2.60. The third kappa shape index (κ3) is 7.19. The van der Waals surface area contributed by atoms with Crippen molar-refractivity contribution in [3.8, 4) is 0 Å². The number of rotatable bonds is 5. The molecule has 0 unspecified atom stereocenters. The number of carbonyl (C=O) groups is 3. The van der Waals surface area contributed by atoms with E-state index in [0.29, 0.717) is 19.4 Å². The molecule has 1 heterocycles. The fourth-order valence-corrected chi connectivity index (χ4v) is 2.24. The number of carbonyl (C=O) groups excluding carboxylic acids is 3. The number of nitrogens with one attached hydrogen (secondary N) is 1. The van der Waals surface area contributed by atoms with E-state index < -0.39 is 29.4 Å². The van der Waals surface area contributed by atoms with Gasteiger partial charge in [-0.05, 0) is 60.8 Å². The van der Waals surface area contributed by atoms with Crippen LogP contribution in [0.5, 0.6) is 0 Å². The first kappa shape index (κ1) is 20.3. The smallest absolute Gasteiger partial charge is 0.411 e. The van der Waals surface area contributed by atoms with Crippen molar-refractivity contribution in [2.75, 3.05) is 13.1 Å². The van der Waals surface area contributed by atoms with Crippen molar-refractivity contribution < 1.29 is 23.9 Å². The van der Waals surface area contributed by atoms with Crippen LogP contribution in [-0.2, 0) is 14.3 Å². The van der Waals surface area contributed by atoms with E-state index in [1.807, 2.05) is 0 Å². The summed E-state index contributed by atoms with van der Waals surface area (Å²) in [5.74, 6) is 0.0564. The van der Waals surface area contributed by atoms with Crippen LogP contribution in [0.2, 0.25) is 0 Å². The molecular weight excluding hydrogens is 312 g/mol. The maximum atomic E-state index is 12.0. The Morgan fingerprint density at radius 3 is 2.17 bits per heavy atom. The number of unbranched alkanes of at least 4 members (excludes halogenated alkanes) is 1. The second-order valence-corrected chi connectivity index (χ2v) is 8.01. The summed E-state index contributed by atoms with van der Waals surface area (Å²) in [7, 11) is 0. The summed E-state index contributed by atoms with van der Waals surface area (Å²) in [6.45, 7) is 11.4. The van der Waals surface area contributed by atoms with Gasteiger partial charge in [-0.25, -0.2) is 9.59 Å². The zero-order valence-electron chi connectivity index (χ0n) is 15.6. The summed E-state index contributed by atoms with van der Waals surface area (Å²) in [4.78, 5) is 36.6. The fraction of sp³-hybridized carbons (Fsp3) is 0.824. The van der Waals surface area contributed by atoms with Crippen LogP contribution in [0.4, 0.5) is 9.59 Å². The highest BCUT2D eigenvalue weighted by molar-refractivity contribution is 5.97. The molecule has 0 aromatic heterocycles. The average Bonchev–Trinajstić information content (AvgIpc) is 2.35. The van der Waals surface area contributed by atoms with E-state index in [1.165, 1.54) is 4.90 Å². The van der Waals surface area contributed by atoms with Gasteiger partial charge in [-0.15, -0.1) is 0 Å². The molecule has 1 aliphatic heterocycles. The van der Waals surface area contributed by atoms with Gasteiger partial charge in [0.05, 0.1) is 12.6 Å². The SMILES string of the molecule is CC(C)(C)OC(=O)NCCCC[C@H]1C(=O)CN1C(=O)OC(C)(C)C. The predicted molar refractivity (Wildman–Crippen MR) is 89.8 cm³/mol. The first-order valence-corrected chi connectivity index (χ1v) is 8.38. The van der Waals surface area contributed by atoms with Gasteiger partial charge in [-0.1, -0.05) is 0 Å². The first-order valence-electron chi connectivity index (χ1n) is 8.38. The number of amides is 2. The molecule has 0 radical (unpaired) electrons. The van der Waals surface area contributed by atoms with Crippen LogP contribution in [0.1, 0.15) is 60.8 Å². The number of Topliss-reactive ketones (excluding diaryl/α,β-unsaturated/α-hetero) is 1. The summed E-state index contributed by atoms with van der Waals surface area (Å²) in [6.07, 6.45) is 1.13. The van der Waals surface area contributed by atoms with Crippen molar-refractivity contribution in [1.82, 2.24) is 10.2 Å². The molecule has 0 aliphatic carbocycles. The molecular formula is C17H30N2O5. The summed E-state index contributed by atoms with van der Waals surface area (Å²) >= 11 is 0. The van der Waals surface area contributed by atoms with Gasteiger partial charge in [-0.3, -0.25) is 9.69 Å². The molecule has 0 aromatic rings. The molecule has 7 nitrogen and oxygen atoms in total. The first-order chi connectivity index (χ1) is 10.9. The third-order valence-corrected chi connectivity index (χ3v) is 3.27. The number of hydrogen-bond acceptors (Lipinski definition) is 5. The Kier molecular flexibility index (Phi) is 6.63. The Morgan fingerprint density at radius 1 is 1.08 bits per heavy atom. The molecule has 1 atom stereocenters. The van der Waals surface area contributed by atoms with Crippen LogP contribution in [0, 0.1) is 0 Å². The molecule has 2 amide bonds. The molecule has 1 N–H and O–H groups in total. The minimum atomic E-state index is -0.572. The fourth-order valence-electron chi connectivity index (χ4n) is 2.24. The summed E-state index contributed by atoms with van der Waals surface area (Å²) in [5.41, 5.74) is -1.09. The van der Waals surface area contributed by atoms with Crippen LogP contribution in [-0.4, -0.2) is 53.2 Å². The monoisotopic (exact) mass is 342 g/mol. The van der Waals surface area contributed by atoms with Gasteiger partial charge >= 0.3 is 12.2 Å². The van der Waals surface area contributed by atoms with Gasteiger partial charge in [0, 0.05) is 6.54 Å². The number of likely N-dealkylation sites (tertiary alicyclic amines) is 1. The highest BCUT2D eigenvalue weighted by Gasteiger charge is 2.41. The lowest BCUT2D eigenvalue weighted by Gasteiger charge is -2.39. The van der Waals surface area contributed by atoms with Crippen molar-refractivity contribution in [3.05, 3.63) is 0 Å². The second-order valence-electron chi connectivity index (χ2n) is 8.01. The molecule has 0 aromatic carbocycles. The van der Waals surface area contributed by atoms with Gasteiger partial charge in [0.1, 0.15) is 11.2 Å². The van der Waals surface area contributed by atoms with Gasteiger partial charge < -0.3 is 14.8 Å². The summed E-state index contributed by atoms with van der Waals surface area (Å²) in [6, 6.07) is -0.402. The van der Waals surface area contributed by atoms with Crippen molar-refractivity contribution in [1.29, 1.82) is 0 Å². The lowest BCUT2D eigenvalue weighted by atomic mass is 9.96. The number of alkyl carbamates (subject to hydrolysis) is 1. The van der Waals surface area contributed by atoms with Gasteiger partial charge in [0.15, 0.2) is 5.78 Å². The van der Waals surface area contributed by atoms with Crippen LogP contribution in [0.25, 0.3) is 0 Å². The molecule has 1 aliphatic rings. The topological polar surface area (TPSA) is 84.9 Å². The van der Waals surface area contributed by atoms with Crippen molar-refractivity contribution in [3.63, 3.8) is 0 Å². The normalized spacial score (nSPS) is 18.0. The Hall–Kier alpha value is -1.79. The van der Waals surface area contributed by atoms with Crippen molar-refractivity contribution in [2.45, 2.75) is 78.0 Å². The molecule has 7 heteroatoms. The van der Waals surface area contributed by atoms with E-state index in [1.54, 1.807) is 41.5 Å². The number of ether oxygens (including phenoxy) is 2. The zero-order valence-corrected chi connectivity index (χ0v) is 15.6. The lowest BCUT2D eigenvalue weighted by molar-refractivity contribution is -0.136. The average molecular weight is 342 g/mol. The Bertz CT molecular complexity index is 476. The quantitative estimate of drug-likeness (QED) is 0.777. The molecule has 24 heavy (non-hydrogen) atoms. The largest absolute Gasteiger partial charge is 0.444 e. The Balaban J connectivity index is 2.25. The standard InChI is InChI=1S/C17H30N2O5/c1-16(2,3)23-14(21)18-10-8-7-9-12-13(20)11-19(12)15(22)24-17(4,5)6/h12H,7-11H2,1-6H3,(H,18,21)/t12-/m0/s1. The van der Waals surface area contributed by atoms with Crippen molar-refractivity contribution >= 4 is 18.0 Å². The van der Waals surface area contributed by atoms with E-state index in [2.05, 4.69) is 5.32 Å². The third-order valence-electron chi connectivity index (χ3n) is 3.27. The summed E-state index contributed by atoms with van der Waals surface area (Å²) in [5, 5.41) is 2.67. The van der Waals surface area contributed by atoms with E-state index in [4.69, 9.17) is 9.47 Å². The molecule has 0 saturated carbocycles. The Labute approximate surface area is 144 Å². The molecule has 0 bridgehead atoms. The van der Waals surface area contributed by atoms with E-state index in [0.717, 1.165) is 6.42 Å². The maximum absolute atomic E-state index is 12.0. The van der Waals surface area contributed by atoms with Gasteiger partial charge in [-0.2, -0.15) is 0 Å². The molecule has 1 rings (SSSR count).